The van der Waals surface area contributed by atoms with Crippen LogP contribution in [0.3, 0.4) is 0 Å². The minimum atomic E-state index is 0.345. The third kappa shape index (κ3) is 2.37. The summed E-state index contributed by atoms with van der Waals surface area (Å²) in [7, 11) is 0. The van der Waals surface area contributed by atoms with Gasteiger partial charge < -0.3 is 5.73 Å². The van der Waals surface area contributed by atoms with Gasteiger partial charge >= 0.3 is 0 Å². The van der Waals surface area contributed by atoms with Crippen LogP contribution < -0.4 is 17.0 Å². The Morgan fingerprint density at radius 1 is 1.58 bits per heavy atom. The number of hydrogen-bond donors (Lipinski definition) is 3. The molecule has 0 amide bonds. The summed E-state index contributed by atoms with van der Waals surface area (Å²) in [5, 5.41) is 0. The maximum Gasteiger partial charge on any atom is 0.203 e. The van der Waals surface area contributed by atoms with Crippen LogP contribution in [0.2, 0.25) is 0 Å². The second-order valence-electron chi connectivity index (χ2n) is 4.22. The van der Waals surface area contributed by atoms with E-state index in [4.69, 9.17) is 11.6 Å². The van der Waals surface area contributed by atoms with E-state index in [0.717, 1.165) is 12.8 Å². The van der Waals surface area contributed by atoms with Crippen LogP contribution in [0.1, 0.15) is 33.1 Å². The number of nitrogens with two attached hydrogens (primary N) is 2. The van der Waals surface area contributed by atoms with Crippen molar-refractivity contribution < 1.29 is 0 Å². The lowest BCUT2D eigenvalue weighted by atomic mass is 9.92. The van der Waals surface area contributed by atoms with Crippen molar-refractivity contribution in [2.75, 3.05) is 0 Å². The minimum absolute atomic E-state index is 0.345. The summed E-state index contributed by atoms with van der Waals surface area (Å²) in [5.41, 5.74) is 8.22. The van der Waals surface area contributed by atoms with Crippen molar-refractivity contribution in [3.63, 3.8) is 0 Å². The van der Waals surface area contributed by atoms with Gasteiger partial charge in [0, 0.05) is 0 Å². The summed E-state index contributed by atoms with van der Waals surface area (Å²) in [4.78, 5) is 4.25. The number of hydrazine groups is 1. The van der Waals surface area contributed by atoms with Gasteiger partial charge in [-0.15, -0.1) is 0 Å². The average Bonchev–Trinajstić information content (AvgIpc) is 2.30. The van der Waals surface area contributed by atoms with E-state index in [-0.39, 0.29) is 0 Å². The third-order valence-electron chi connectivity index (χ3n) is 2.41. The molecule has 1 aliphatic carbocycles. The molecule has 1 saturated carbocycles. The topological polar surface area (TPSA) is 76.4 Å². The minimum Gasteiger partial charge on any atom is -0.369 e. The van der Waals surface area contributed by atoms with E-state index in [1.54, 1.807) is 0 Å². The van der Waals surface area contributed by atoms with Gasteiger partial charge in [0.15, 0.2) is 0 Å². The van der Waals surface area contributed by atoms with Gasteiger partial charge in [-0.25, -0.2) is 10.8 Å². The van der Waals surface area contributed by atoms with Gasteiger partial charge in [0.1, 0.15) is 0 Å². The molecule has 0 aromatic rings. The number of nitrogens with zero attached hydrogens (tertiary/aromatic N) is 1. The Morgan fingerprint density at radius 3 is 2.67 bits per heavy atom. The van der Waals surface area contributed by atoms with Crippen LogP contribution in [0.25, 0.3) is 0 Å². The van der Waals surface area contributed by atoms with E-state index < -0.39 is 0 Å². The second kappa shape index (κ2) is 3.31. The fraction of sp³-hybridized carbons (Fsp3) is 0.875. The molecule has 0 radical (unpaired) electrons. The van der Waals surface area contributed by atoms with Crippen molar-refractivity contribution in [1.82, 2.24) is 5.43 Å². The van der Waals surface area contributed by atoms with Gasteiger partial charge in [-0.05, 0) is 24.7 Å². The van der Waals surface area contributed by atoms with Crippen molar-refractivity contribution in [3.05, 3.63) is 0 Å². The van der Waals surface area contributed by atoms with Gasteiger partial charge in [-0.1, -0.05) is 13.8 Å². The molecule has 70 valence electrons. The second-order valence-corrected chi connectivity index (χ2v) is 4.22. The molecule has 0 aromatic heterocycles. The summed E-state index contributed by atoms with van der Waals surface area (Å²) < 4.78 is 0. The lowest BCUT2D eigenvalue weighted by Gasteiger charge is -2.15. The zero-order chi connectivity index (χ0) is 9.19. The predicted molar refractivity (Wildman–Crippen MR) is 50.4 cm³/mol. The van der Waals surface area contributed by atoms with Gasteiger partial charge in [0.2, 0.25) is 5.96 Å². The maximum absolute atomic E-state index is 5.46. The lowest BCUT2D eigenvalue weighted by molar-refractivity contribution is 0.376. The highest BCUT2D eigenvalue weighted by Crippen LogP contribution is 2.38. The van der Waals surface area contributed by atoms with Crippen LogP contribution in [0.5, 0.6) is 0 Å². The van der Waals surface area contributed by atoms with Crippen molar-refractivity contribution in [2.24, 2.45) is 22.0 Å². The van der Waals surface area contributed by atoms with Gasteiger partial charge in [0.05, 0.1) is 6.04 Å². The lowest BCUT2D eigenvalue weighted by Crippen LogP contribution is -2.38. The van der Waals surface area contributed by atoms with Crippen molar-refractivity contribution in [2.45, 2.75) is 39.2 Å². The highest BCUT2D eigenvalue weighted by Gasteiger charge is 2.30. The predicted octanol–water partition coefficient (Wildman–Crippen LogP) is 0.343. The molecule has 0 bridgehead atoms. The Balaban J connectivity index is 2.48. The number of rotatable bonds is 1. The van der Waals surface area contributed by atoms with E-state index in [1.807, 2.05) is 0 Å². The molecule has 1 aliphatic rings. The van der Waals surface area contributed by atoms with E-state index in [9.17, 15) is 0 Å². The average molecular weight is 170 g/mol. The Morgan fingerprint density at radius 2 is 2.25 bits per heavy atom. The molecule has 4 nitrogen and oxygen atoms in total. The normalized spacial score (nSPS) is 28.9. The van der Waals surface area contributed by atoms with Crippen LogP contribution in [0.15, 0.2) is 4.99 Å². The van der Waals surface area contributed by atoms with Crippen molar-refractivity contribution >= 4 is 5.96 Å². The Labute approximate surface area is 73.4 Å². The first-order chi connectivity index (χ1) is 5.53. The highest BCUT2D eigenvalue weighted by molar-refractivity contribution is 5.77. The van der Waals surface area contributed by atoms with E-state index in [0.29, 0.717) is 17.4 Å². The first-order valence-electron chi connectivity index (χ1n) is 4.33. The molecule has 0 heterocycles. The van der Waals surface area contributed by atoms with Gasteiger partial charge in [-0.3, -0.25) is 5.43 Å². The molecule has 0 aromatic carbocycles. The third-order valence-corrected chi connectivity index (χ3v) is 2.41. The number of guanidine groups is 1. The zero-order valence-corrected chi connectivity index (χ0v) is 7.80. The molecule has 12 heavy (non-hydrogen) atoms. The monoisotopic (exact) mass is 170 g/mol. The van der Waals surface area contributed by atoms with Crippen molar-refractivity contribution in [3.8, 4) is 0 Å². The fourth-order valence-electron chi connectivity index (χ4n) is 1.74. The largest absolute Gasteiger partial charge is 0.369 e. The number of nitrogens with one attached hydrogen (secondary N) is 1. The fourth-order valence-corrected chi connectivity index (χ4v) is 1.74. The van der Waals surface area contributed by atoms with Crippen LogP contribution in [-0.2, 0) is 0 Å². The molecule has 1 unspecified atom stereocenters. The van der Waals surface area contributed by atoms with E-state index >= 15 is 0 Å². The summed E-state index contributed by atoms with van der Waals surface area (Å²) >= 11 is 0. The number of hydrogen-bond acceptors (Lipinski definition) is 2. The first kappa shape index (κ1) is 9.32. The molecule has 1 atom stereocenters. The zero-order valence-electron chi connectivity index (χ0n) is 7.80. The highest BCUT2D eigenvalue weighted by atomic mass is 15.3. The molecule has 4 heteroatoms. The molecular weight excluding hydrogens is 152 g/mol. The quantitative estimate of drug-likeness (QED) is 0.230. The Hall–Kier alpha value is -0.770. The molecule has 5 N–H and O–H groups in total. The molecule has 0 spiro atoms. The van der Waals surface area contributed by atoms with Crippen LogP contribution in [-0.4, -0.2) is 12.0 Å². The van der Waals surface area contributed by atoms with Crippen molar-refractivity contribution in [1.29, 1.82) is 0 Å². The van der Waals surface area contributed by atoms with Gasteiger partial charge in [0.25, 0.3) is 0 Å². The SMILES string of the molecule is CC1(C)CCC(N=C(N)NN)C1. The molecular formula is C8H18N4. The Bertz CT molecular complexity index is 185. The summed E-state index contributed by atoms with van der Waals surface area (Å²) in [6.45, 7) is 4.52. The molecule has 1 fully saturated rings. The summed E-state index contributed by atoms with van der Waals surface area (Å²) in [6.07, 6.45) is 3.45. The van der Waals surface area contributed by atoms with E-state index in [1.165, 1.54) is 6.42 Å². The summed E-state index contributed by atoms with van der Waals surface area (Å²) in [6, 6.07) is 0.357. The smallest absolute Gasteiger partial charge is 0.203 e. The summed E-state index contributed by atoms with van der Waals surface area (Å²) in [5.74, 6) is 5.46. The molecule has 1 rings (SSSR count). The van der Waals surface area contributed by atoms with Crippen LogP contribution in [0, 0.1) is 5.41 Å². The van der Waals surface area contributed by atoms with Gasteiger partial charge in [-0.2, -0.15) is 0 Å². The van der Waals surface area contributed by atoms with E-state index in [2.05, 4.69) is 24.3 Å². The Kier molecular flexibility index (Phi) is 2.57. The maximum atomic E-state index is 5.46. The van der Waals surface area contributed by atoms with Crippen LogP contribution in [0.4, 0.5) is 0 Å². The standard InChI is InChI=1S/C8H18N4/c1-8(2)4-3-6(5-8)11-7(9)12-10/h6H,3-5,10H2,1-2H3,(H3,9,11,12). The molecule has 0 saturated heterocycles. The van der Waals surface area contributed by atoms with Crippen LogP contribution >= 0.6 is 0 Å². The number of aliphatic imine (C=N–C) groups is 1. The first-order valence-corrected chi connectivity index (χ1v) is 4.33. The molecule has 0 aliphatic heterocycles.